The predicted octanol–water partition coefficient (Wildman–Crippen LogP) is 1.90. The van der Waals surface area contributed by atoms with Crippen molar-refractivity contribution < 1.29 is 0 Å². The molecule has 2 aliphatic rings. The van der Waals surface area contributed by atoms with Crippen LogP contribution in [-0.4, -0.2) is 17.0 Å². The zero-order chi connectivity index (χ0) is 9.10. The molecule has 3 heteroatoms. The van der Waals surface area contributed by atoms with Crippen LogP contribution in [0.1, 0.15) is 38.5 Å². The van der Waals surface area contributed by atoms with Crippen molar-refractivity contribution in [2.45, 2.75) is 49.8 Å². The van der Waals surface area contributed by atoms with Crippen LogP contribution in [0.3, 0.4) is 0 Å². The van der Waals surface area contributed by atoms with E-state index in [0.717, 1.165) is 11.2 Å². The predicted molar refractivity (Wildman–Crippen MR) is 58.5 cm³/mol. The maximum Gasteiger partial charge on any atom is 0.0329 e. The highest BCUT2D eigenvalue weighted by atomic mass is 32.2. The quantitative estimate of drug-likeness (QED) is 0.526. The fourth-order valence-electron chi connectivity index (χ4n) is 2.11. The molecule has 0 saturated heterocycles. The minimum Gasteiger partial charge on any atom is -0.271 e. The highest BCUT2D eigenvalue weighted by Gasteiger charge is 2.31. The van der Waals surface area contributed by atoms with E-state index < -0.39 is 0 Å². The van der Waals surface area contributed by atoms with Gasteiger partial charge in [0.15, 0.2) is 0 Å². The van der Waals surface area contributed by atoms with Crippen LogP contribution in [0.4, 0.5) is 0 Å². The summed E-state index contributed by atoms with van der Waals surface area (Å²) < 4.78 is 0. The van der Waals surface area contributed by atoms with Crippen molar-refractivity contribution in [2.75, 3.05) is 5.75 Å². The van der Waals surface area contributed by atoms with Crippen molar-refractivity contribution in [3.05, 3.63) is 0 Å². The second kappa shape index (κ2) is 4.67. The first kappa shape index (κ1) is 9.81. The lowest BCUT2D eigenvalue weighted by Crippen LogP contribution is -2.39. The number of hydrazine groups is 1. The molecule has 2 aliphatic carbocycles. The summed E-state index contributed by atoms with van der Waals surface area (Å²) >= 11 is 2.14. The van der Waals surface area contributed by atoms with Crippen molar-refractivity contribution in [2.24, 2.45) is 11.8 Å². The van der Waals surface area contributed by atoms with E-state index >= 15 is 0 Å². The first-order valence-corrected chi connectivity index (χ1v) is 6.53. The van der Waals surface area contributed by atoms with E-state index in [9.17, 15) is 0 Å². The van der Waals surface area contributed by atoms with Crippen LogP contribution < -0.4 is 11.3 Å². The molecular formula is C10H20N2S. The lowest BCUT2D eigenvalue weighted by molar-refractivity contribution is 0.520. The smallest absolute Gasteiger partial charge is 0.0329 e. The van der Waals surface area contributed by atoms with Gasteiger partial charge >= 0.3 is 0 Å². The highest BCUT2D eigenvalue weighted by Crippen LogP contribution is 2.36. The monoisotopic (exact) mass is 200 g/mol. The number of rotatable bonds is 5. The first-order chi connectivity index (χ1) is 6.40. The van der Waals surface area contributed by atoms with Gasteiger partial charge in [-0.3, -0.25) is 11.3 Å². The highest BCUT2D eigenvalue weighted by molar-refractivity contribution is 7.99. The normalized spacial score (nSPS) is 26.5. The maximum atomic E-state index is 5.54. The molecule has 0 spiro atoms. The average Bonchev–Trinajstić information content (AvgIpc) is 2.84. The van der Waals surface area contributed by atoms with E-state index in [1.165, 1.54) is 44.3 Å². The van der Waals surface area contributed by atoms with Gasteiger partial charge in [-0.25, -0.2) is 0 Å². The van der Waals surface area contributed by atoms with Gasteiger partial charge in [-0.15, -0.1) is 0 Å². The summed E-state index contributed by atoms with van der Waals surface area (Å²) in [6, 6.07) is 0.589. The third-order valence-electron chi connectivity index (χ3n) is 3.22. The molecule has 1 unspecified atom stereocenters. The van der Waals surface area contributed by atoms with Crippen LogP contribution in [0.2, 0.25) is 0 Å². The fraction of sp³-hybridized carbons (Fsp3) is 1.00. The van der Waals surface area contributed by atoms with Crippen molar-refractivity contribution >= 4 is 11.8 Å². The van der Waals surface area contributed by atoms with Crippen molar-refractivity contribution in [3.63, 3.8) is 0 Å². The van der Waals surface area contributed by atoms with Gasteiger partial charge in [0.05, 0.1) is 0 Å². The molecular weight excluding hydrogens is 180 g/mol. The molecule has 0 aliphatic heterocycles. The largest absolute Gasteiger partial charge is 0.271 e. The number of thioether (sulfide) groups is 1. The summed E-state index contributed by atoms with van der Waals surface area (Å²) in [5.41, 5.74) is 2.97. The lowest BCUT2D eigenvalue weighted by atomic mass is 10.2. The molecule has 3 N–H and O–H groups in total. The number of hydrogen-bond acceptors (Lipinski definition) is 3. The van der Waals surface area contributed by atoms with Crippen LogP contribution in [0.15, 0.2) is 0 Å². The molecule has 2 fully saturated rings. The van der Waals surface area contributed by atoms with Gasteiger partial charge in [0.25, 0.3) is 0 Å². The SMILES string of the molecule is NNC(CSC1CCCC1)C1CC1. The topological polar surface area (TPSA) is 38.0 Å². The van der Waals surface area contributed by atoms with Crippen LogP contribution >= 0.6 is 11.8 Å². The Bertz CT molecular complexity index is 153. The Balaban J connectivity index is 1.64. The molecule has 2 saturated carbocycles. The van der Waals surface area contributed by atoms with E-state index in [1.54, 1.807) is 0 Å². The molecule has 0 heterocycles. The molecule has 0 radical (unpaired) electrons. The molecule has 0 amide bonds. The van der Waals surface area contributed by atoms with Gasteiger partial charge in [0, 0.05) is 17.0 Å². The molecule has 2 rings (SSSR count). The van der Waals surface area contributed by atoms with E-state index in [-0.39, 0.29) is 0 Å². The molecule has 0 aromatic carbocycles. The second-order valence-electron chi connectivity index (χ2n) is 4.35. The Labute approximate surface area is 85.0 Å². The van der Waals surface area contributed by atoms with Gasteiger partial charge in [0.1, 0.15) is 0 Å². The third-order valence-corrected chi connectivity index (χ3v) is 4.71. The summed E-state index contributed by atoms with van der Waals surface area (Å²) in [5.74, 6) is 7.65. The summed E-state index contributed by atoms with van der Waals surface area (Å²) in [4.78, 5) is 0. The molecule has 13 heavy (non-hydrogen) atoms. The minimum absolute atomic E-state index is 0.589. The van der Waals surface area contributed by atoms with Crippen LogP contribution in [0, 0.1) is 5.92 Å². The zero-order valence-electron chi connectivity index (χ0n) is 8.17. The Morgan fingerprint density at radius 2 is 1.92 bits per heavy atom. The summed E-state index contributed by atoms with van der Waals surface area (Å²) in [5, 5.41) is 0.939. The van der Waals surface area contributed by atoms with Gasteiger partial charge < -0.3 is 0 Å². The molecule has 0 aromatic heterocycles. The zero-order valence-corrected chi connectivity index (χ0v) is 8.98. The van der Waals surface area contributed by atoms with Crippen LogP contribution in [0.5, 0.6) is 0 Å². The molecule has 76 valence electrons. The van der Waals surface area contributed by atoms with E-state index in [0.29, 0.717) is 6.04 Å². The molecule has 2 nitrogen and oxygen atoms in total. The Morgan fingerprint density at radius 1 is 1.23 bits per heavy atom. The summed E-state index contributed by atoms with van der Waals surface area (Å²) in [6.45, 7) is 0. The van der Waals surface area contributed by atoms with Gasteiger partial charge in [-0.05, 0) is 31.6 Å². The third kappa shape index (κ3) is 2.86. The number of nitrogens with two attached hydrogens (primary N) is 1. The van der Waals surface area contributed by atoms with Crippen molar-refractivity contribution in [1.29, 1.82) is 0 Å². The average molecular weight is 200 g/mol. The van der Waals surface area contributed by atoms with Gasteiger partial charge in [-0.2, -0.15) is 11.8 Å². The second-order valence-corrected chi connectivity index (χ2v) is 5.68. The van der Waals surface area contributed by atoms with Gasteiger partial charge in [-0.1, -0.05) is 12.8 Å². The number of nitrogens with one attached hydrogen (secondary N) is 1. The minimum atomic E-state index is 0.589. The molecule has 1 atom stereocenters. The van der Waals surface area contributed by atoms with E-state index in [1.807, 2.05) is 0 Å². The fourth-order valence-corrected chi connectivity index (χ4v) is 3.63. The summed E-state index contributed by atoms with van der Waals surface area (Å²) in [6.07, 6.45) is 8.54. The summed E-state index contributed by atoms with van der Waals surface area (Å²) in [7, 11) is 0. The van der Waals surface area contributed by atoms with Gasteiger partial charge in [0.2, 0.25) is 0 Å². The maximum absolute atomic E-state index is 5.54. The Morgan fingerprint density at radius 3 is 2.46 bits per heavy atom. The van der Waals surface area contributed by atoms with Crippen molar-refractivity contribution in [3.8, 4) is 0 Å². The standard InChI is InChI=1S/C10H20N2S/c11-12-10(8-5-6-8)7-13-9-3-1-2-4-9/h8-10,12H,1-7,11H2. The van der Waals surface area contributed by atoms with E-state index in [4.69, 9.17) is 5.84 Å². The molecule has 0 bridgehead atoms. The first-order valence-electron chi connectivity index (χ1n) is 5.48. The van der Waals surface area contributed by atoms with E-state index in [2.05, 4.69) is 17.2 Å². The lowest BCUT2D eigenvalue weighted by Gasteiger charge is -2.16. The Kier molecular flexibility index (Phi) is 3.52. The Hall–Kier alpha value is 0.270. The molecule has 0 aromatic rings. The van der Waals surface area contributed by atoms with Crippen LogP contribution in [0.25, 0.3) is 0 Å². The van der Waals surface area contributed by atoms with Crippen LogP contribution in [-0.2, 0) is 0 Å². The van der Waals surface area contributed by atoms with Crippen molar-refractivity contribution in [1.82, 2.24) is 5.43 Å². The number of hydrogen-bond donors (Lipinski definition) is 2.